The zero-order chi connectivity index (χ0) is 15.9. The Morgan fingerprint density at radius 1 is 0.800 bits per heavy atom. The van der Waals surface area contributed by atoms with E-state index < -0.39 is 0 Å². The Bertz CT molecular complexity index is 425. The molecule has 1 aliphatic carbocycles. The third kappa shape index (κ3) is 4.01. The summed E-state index contributed by atoms with van der Waals surface area (Å²) < 4.78 is 0. The number of rotatable bonds is 0. The van der Waals surface area contributed by atoms with Crippen LogP contribution in [0, 0.1) is 22.2 Å². The van der Waals surface area contributed by atoms with Crippen LogP contribution in [0.15, 0.2) is 23.3 Å². The summed E-state index contributed by atoms with van der Waals surface area (Å²) in [5.74, 6) is 0.491. The van der Waals surface area contributed by atoms with Gasteiger partial charge in [0.2, 0.25) is 0 Å². The van der Waals surface area contributed by atoms with Crippen LogP contribution < -0.4 is 0 Å². The van der Waals surface area contributed by atoms with Crippen molar-refractivity contribution >= 4 is 24.9 Å². The van der Waals surface area contributed by atoms with Crippen molar-refractivity contribution in [2.45, 2.75) is 62.3 Å². The second-order valence-electron chi connectivity index (χ2n) is 9.00. The normalized spacial score (nSPS) is 21.9. The van der Waals surface area contributed by atoms with Crippen LogP contribution in [0.2, 0.25) is 0 Å². The highest BCUT2D eigenvalue weighted by molar-refractivity contribution is 8.37. The zero-order valence-electron chi connectivity index (χ0n) is 14.6. The molecular formula is C18H31PS. The predicted molar refractivity (Wildman–Crippen MR) is 98.9 cm³/mol. The molecule has 1 rings (SSSR count). The van der Waals surface area contributed by atoms with Crippen LogP contribution in [0.3, 0.4) is 0 Å². The van der Waals surface area contributed by atoms with Gasteiger partial charge in [0.05, 0.1) is 0 Å². The van der Waals surface area contributed by atoms with E-state index in [0.29, 0.717) is 5.92 Å². The molecule has 0 spiro atoms. The van der Waals surface area contributed by atoms with Crippen molar-refractivity contribution in [3.05, 3.63) is 23.3 Å². The minimum Gasteiger partial charge on any atom is -0.119 e. The molecule has 0 heterocycles. The summed E-state index contributed by atoms with van der Waals surface area (Å²) in [6, 6.07) is 0. The van der Waals surface area contributed by atoms with E-state index in [-0.39, 0.29) is 16.2 Å². The molecule has 0 N–H and O–H groups in total. The number of allylic oxidation sites excluding steroid dienone is 4. The van der Waals surface area contributed by atoms with Gasteiger partial charge in [-0.1, -0.05) is 74.5 Å². The third-order valence-corrected chi connectivity index (χ3v) is 5.20. The molecule has 0 bridgehead atoms. The molecule has 0 radical (unpaired) electrons. The molecule has 0 aromatic heterocycles. The van der Waals surface area contributed by atoms with E-state index in [2.05, 4.69) is 86.7 Å². The van der Waals surface area contributed by atoms with E-state index in [1.165, 1.54) is 16.4 Å². The van der Waals surface area contributed by atoms with E-state index in [4.69, 9.17) is 0 Å². The lowest BCUT2D eigenvalue weighted by molar-refractivity contribution is 0.333. The Labute approximate surface area is 133 Å². The molecule has 0 saturated carbocycles. The molecule has 114 valence electrons. The predicted octanol–water partition coefficient (Wildman–Crippen LogP) is 6.57. The minimum absolute atomic E-state index is 0.166. The molecule has 0 fully saturated rings. The van der Waals surface area contributed by atoms with Gasteiger partial charge in [0.25, 0.3) is 0 Å². The fourth-order valence-corrected chi connectivity index (χ4v) is 4.21. The molecule has 0 nitrogen and oxygen atoms in total. The van der Waals surface area contributed by atoms with E-state index in [1.807, 2.05) is 0 Å². The summed E-state index contributed by atoms with van der Waals surface area (Å²) in [6.07, 6.45) is 4.96. The lowest BCUT2D eigenvalue weighted by Crippen LogP contribution is -2.31. The summed E-state index contributed by atoms with van der Waals surface area (Å²) in [6.45, 7) is 20.8. The Hall–Kier alpha value is -0.0000000000000000555. The quantitative estimate of drug-likeness (QED) is 0.379. The van der Waals surface area contributed by atoms with Crippen LogP contribution in [0.1, 0.15) is 62.3 Å². The molecule has 0 unspecified atom stereocenters. The maximum Gasteiger partial charge on any atom is 0.0148 e. The maximum atomic E-state index is 4.60. The topological polar surface area (TPSA) is 0 Å². The van der Waals surface area contributed by atoms with Crippen LogP contribution in [0.4, 0.5) is 0 Å². The summed E-state index contributed by atoms with van der Waals surface area (Å²) >= 11 is 4.60. The van der Waals surface area contributed by atoms with Crippen LogP contribution in [-0.2, 0) is 0 Å². The molecule has 1 aliphatic rings. The fourth-order valence-electron chi connectivity index (χ4n) is 2.53. The van der Waals surface area contributed by atoms with Crippen LogP contribution in [0.25, 0.3) is 0 Å². The molecule has 0 amide bonds. The van der Waals surface area contributed by atoms with Gasteiger partial charge in [-0.2, -0.15) is 0 Å². The van der Waals surface area contributed by atoms with Gasteiger partial charge in [-0.25, -0.2) is 0 Å². The highest BCUT2D eigenvalue weighted by atomic mass is 32.7. The minimum atomic E-state index is 0.166. The zero-order valence-corrected chi connectivity index (χ0v) is 16.4. The summed E-state index contributed by atoms with van der Waals surface area (Å²) in [4.78, 5) is 0. The molecule has 0 aromatic carbocycles. The SMILES string of the molecule is CC(C)(C)C1=CC(C(C)(C)C)C=C(C(C)(C)C)C1=PS. The Morgan fingerprint density at radius 3 is 1.35 bits per heavy atom. The first-order valence-corrected chi connectivity index (χ1v) is 9.50. The second kappa shape index (κ2) is 5.65. The summed E-state index contributed by atoms with van der Waals surface area (Å²) in [5.41, 5.74) is 3.54. The largest absolute Gasteiger partial charge is 0.119 e. The van der Waals surface area contributed by atoms with Gasteiger partial charge in [-0.15, -0.1) is 12.2 Å². The molecule has 0 aliphatic heterocycles. The van der Waals surface area contributed by atoms with Crippen molar-refractivity contribution in [3.8, 4) is 0 Å². The van der Waals surface area contributed by atoms with Gasteiger partial charge < -0.3 is 0 Å². The maximum absolute atomic E-state index is 4.60. The molecule has 2 heteroatoms. The van der Waals surface area contributed by atoms with Gasteiger partial charge >= 0.3 is 0 Å². The summed E-state index contributed by atoms with van der Waals surface area (Å²) in [7, 11) is 1.08. The van der Waals surface area contributed by atoms with E-state index in [1.54, 1.807) is 0 Å². The Morgan fingerprint density at radius 2 is 1.15 bits per heavy atom. The van der Waals surface area contributed by atoms with Crippen molar-refractivity contribution in [2.75, 3.05) is 0 Å². The van der Waals surface area contributed by atoms with Gasteiger partial charge in [-0.05, 0) is 34.8 Å². The van der Waals surface area contributed by atoms with Crippen molar-refractivity contribution in [1.82, 2.24) is 0 Å². The highest BCUT2D eigenvalue weighted by Crippen LogP contribution is 2.45. The first kappa shape index (κ1) is 18.1. The number of thiol groups is 1. The van der Waals surface area contributed by atoms with Crippen LogP contribution >= 0.6 is 19.7 Å². The molecule has 0 saturated heterocycles. The first-order valence-electron chi connectivity index (χ1n) is 7.46. The molecule has 0 atom stereocenters. The van der Waals surface area contributed by atoms with Crippen molar-refractivity contribution in [3.63, 3.8) is 0 Å². The third-order valence-electron chi connectivity index (χ3n) is 3.92. The summed E-state index contributed by atoms with van der Waals surface area (Å²) in [5, 5.41) is 1.41. The smallest absolute Gasteiger partial charge is 0.0148 e. The Balaban J connectivity index is 3.51. The fraction of sp³-hybridized carbons (Fsp3) is 0.722. The van der Waals surface area contributed by atoms with Crippen molar-refractivity contribution in [2.24, 2.45) is 22.2 Å². The number of hydrogen-bond donors (Lipinski definition) is 1. The molecular weight excluding hydrogens is 279 g/mol. The molecule has 0 aromatic rings. The van der Waals surface area contributed by atoms with Crippen LogP contribution in [-0.4, -0.2) is 5.29 Å². The highest BCUT2D eigenvalue weighted by Gasteiger charge is 2.35. The Kier molecular flexibility index (Phi) is 5.10. The van der Waals surface area contributed by atoms with Gasteiger partial charge in [0, 0.05) is 11.2 Å². The van der Waals surface area contributed by atoms with Crippen LogP contribution in [0.5, 0.6) is 0 Å². The van der Waals surface area contributed by atoms with E-state index in [0.717, 1.165) is 7.41 Å². The lowest BCUT2D eigenvalue weighted by atomic mass is 9.67. The first-order chi connectivity index (χ1) is 8.78. The van der Waals surface area contributed by atoms with E-state index >= 15 is 0 Å². The monoisotopic (exact) mass is 310 g/mol. The number of hydrogen-bond acceptors (Lipinski definition) is 1. The van der Waals surface area contributed by atoms with Gasteiger partial charge in [0.1, 0.15) is 0 Å². The average Bonchev–Trinajstić information content (AvgIpc) is 2.23. The van der Waals surface area contributed by atoms with Crippen molar-refractivity contribution in [1.29, 1.82) is 0 Å². The second-order valence-corrected chi connectivity index (χ2v) is 10.2. The van der Waals surface area contributed by atoms with Gasteiger partial charge in [0.15, 0.2) is 0 Å². The lowest BCUT2D eigenvalue weighted by Gasteiger charge is -2.39. The molecule has 20 heavy (non-hydrogen) atoms. The average molecular weight is 310 g/mol. The van der Waals surface area contributed by atoms with E-state index in [9.17, 15) is 0 Å². The van der Waals surface area contributed by atoms with Gasteiger partial charge in [-0.3, -0.25) is 0 Å². The van der Waals surface area contributed by atoms with Crippen molar-refractivity contribution < 1.29 is 0 Å². The standard InChI is InChI=1S/C18H31PS/c1-16(2,3)12-10-13(17(4,5)6)15(19-20)14(11-12)18(7,8)9/h10-12,20H,1-9H3.